The van der Waals surface area contributed by atoms with Crippen molar-refractivity contribution in [3.63, 3.8) is 0 Å². The highest BCUT2D eigenvalue weighted by Gasteiger charge is 2.07. The van der Waals surface area contributed by atoms with Crippen molar-refractivity contribution in [2.24, 2.45) is 0 Å². The van der Waals surface area contributed by atoms with Gasteiger partial charge < -0.3 is 20.3 Å². The lowest BCUT2D eigenvalue weighted by atomic mass is 10.2. The second-order valence-corrected chi connectivity index (χ2v) is 4.50. The van der Waals surface area contributed by atoms with Crippen LogP contribution in [0.25, 0.3) is 0 Å². The van der Waals surface area contributed by atoms with Gasteiger partial charge in [0.2, 0.25) is 0 Å². The van der Waals surface area contributed by atoms with E-state index in [-0.39, 0.29) is 6.61 Å². The van der Waals surface area contributed by atoms with Gasteiger partial charge in [0.1, 0.15) is 6.61 Å². The summed E-state index contributed by atoms with van der Waals surface area (Å²) < 4.78 is 10.8. The lowest BCUT2D eigenvalue weighted by Crippen LogP contribution is -1.99. The number of aromatic nitrogens is 1. The number of rotatable bonds is 5. The van der Waals surface area contributed by atoms with E-state index in [1.807, 2.05) is 5.38 Å². The molecule has 0 aliphatic carbocycles. The van der Waals surface area contributed by atoms with Crippen molar-refractivity contribution in [2.75, 3.05) is 12.8 Å². The number of aliphatic hydroxyl groups is 1. The van der Waals surface area contributed by atoms with Crippen LogP contribution in [0.1, 0.15) is 11.3 Å². The van der Waals surface area contributed by atoms with Gasteiger partial charge in [0.05, 0.1) is 19.4 Å². The Labute approximate surface area is 109 Å². The van der Waals surface area contributed by atoms with E-state index in [4.69, 9.17) is 20.3 Å². The first-order valence-corrected chi connectivity index (χ1v) is 6.21. The van der Waals surface area contributed by atoms with Gasteiger partial charge in [-0.1, -0.05) is 6.07 Å². The molecule has 18 heavy (non-hydrogen) atoms. The topological polar surface area (TPSA) is 77.6 Å². The van der Waals surface area contributed by atoms with Crippen LogP contribution < -0.4 is 15.2 Å². The quantitative estimate of drug-likeness (QED) is 0.863. The Hall–Kier alpha value is -1.79. The molecule has 0 saturated heterocycles. The van der Waals surface area contributed by atoms with E-state index < -0.39 is 0 Å². The normalized spacial score (nSPS) is 10.3. The van der Waals surface area contributed by atoms with E-state index >= 15 is 0 Å². The molecule has 0 aliphatic rings. The molecule has 1 heterocycles. The number of hydrogen-bond acceptors (Lipinski definition) is 6. The molecule has 0 unspecified atom stereocenters. The molecule has 0 fully saturated rings. The molecule has 0 amide bonds. The summed E-state index contributed by atoms with van der Waals surface area (Å²) >= 11 is 1.38. The van der Waals surface area contributed by atoms with Crippen LogP contribution in [-0.2, 0) is 13.2 Å². The summed E-state index contributed by atoms with van der Waals surface area (Å²) in [7, 11) is 1.56. The fourth-order valence-electron chi connectivity index (χ4n) is 1.47. The zero-order valence-corrected chi connectivity index (χ0v) is 10.7. The maximum atomic E-state index is 9.04. The van der Waals surface area contributed by atoms with Crippen molar-refractivity contribution in [2.45, 2.75) is 13.2 Å². The zero-order chi connectivity index (χ0) is 13.0. The van der Waals surface area contributed by atoms with Gasteiger partial charge in [-0.2, -0.15) is 0 Å². The SMILES string of the molecule is COc1cc(CO)ccc1OCc1csc(N)n1. The maximum Gasteiger partial charge on any atom is 0.180 e. The van der Waals surface area contributed by atoms with Crippen molar-refractivity contribution in [3.8, 4) is 11.5 Å². The highest BCUT2D eigenvalue weighted by molar-refractivity contribution is 7.13. The van der Waals surface area contributed by atoms with Crippen LogP contribution in [-0.4, -0.2) is 17.2 Å². The number of anilines is 1. The number of methoxy groups -OCH3 is 1. The molecule has 0 aliphatic heterocycles. The molecule has 0 saturated carbocycles. The minimum atomic E-state index is -0.0285. The number of hydrogen-bond donors (Lipinski definition) is 2. The average Bonchev–Trinajstić information content (AvgIpc) is 2.82. The fourth-order valence-corrected chi connectivity index (χ4v) is 2.02. The van der Waals surface area contributed by atoms with Crippen molar-refractivity contribution >= 4 is 16.5 Å². The molecule has 2 rings (SSSR count). The van der Waals surface area contributed by atoms with E-state index in [0.29, 0.717) is 23.2 Å². The summed E-state index contributed by atoms with van der Waals surface area (Å²) in [5.41, 5.74) is 7.10. The summed E-state index contributed by atoms with van der Waals surface area (Å²) in [6, 6.07) is 5.29. The summed E-state index contributed by atoms with van der Waals surface area (Å²) in [6.45, 7) is 0.307. The number of nitrogen functional groups attached to an aromatic ring is 1. The van der Waals surface area contributed by atoms with Gasteiger partial charge in [-0.3, -0.25) is 0 Å². The van der Waals surface area contributed by atoms with Gasteiger partial charge in [-0.25, -0.2) is 4.98 Å². The Morgan fingerprint density at radius 2 is 2.22 bits per heavy atom. The largest absolute Gasteiger partial charge is 0.493 e. The third-order valence-electron chi connectivity index (χ3n) is 2.36. The lowest BCUT2D eigenvalue weighted by molar-refractivity contribution is 0.273. The maximum absolute atomic E-state index is 9.04. The second kappa shape index (κ2) is 5.70. The summed E-state index contributed by atoms with van der Waals surface area (Å²) in [5, 5.41) is 11.4. The first-order valence-electron chi connectivity index (χ1n) is 5.33. The molecular weight excluding hydrogens is 252 g/mol. The van der Waals surface area contributed by atoms with Gasteiger partial charge in [-0.05, 0) is 17.7 Å². The molecule has 0 radical (unpaired) electrons. The monoisotopic (exact) mass is 266 g/mol. The van der Waals surface area contributed by atoms with Gasteiger partial charge >= 0.3 is 0 Å². The van der Waals surface area contributed by atoms with Crippen LogP contribution in [0.2, 0.25) is 0 Å². The van der Waals surface area contributed by atoms with Crippen LogP contribution in [0.3, 0.4) is 0 Å². The van der Waals surface area contributed by atoms with Gasteiger partial charge in [0.25, 0.3) is 0 Å². The second-order valence-electron chi connectivity index (χ2n) is 3.61. The average molecular weight is 266 g/mol. The van der Waals surface area contributed by atoms with Crippen molar-refractivity contribution in [3.05, 3.63) is 34.8 Å². The number of aliphatic hydroxyl groups excluding tert-OH is 1. The van der Waals surface area contributed by atoms with Crippen LogP contribution in [0.4, 0.5) is 5.13 Å². The number of benzene rings is 1. The summed E-state index contributed by atoms with van der Waals surface area (Å²) in [4.78, 5) is 4.11. The minimum absolute atomic E-state index is 0.0285. The highest BCUT2D eigenvalue weighted by atomic mass is 32.1. The molecule has 0 atom stereocenters. The summed E-state index contributed by atoms with van der Waals surface area (Å²) in [5.74, 6) is 1.20. The van der Waals surface area contributed by atoms with Crippen LogP contribution in [0.15, 0.2) is 23.6 Å². The molecule has 0 spiro atoms. The van der Waals surface area contributed by atoms with Crippen molar-refractivity contribution in [1.82, 2.24) is 4.98 Å². The zero-order valence-electron chi connectivity index (χ0n) is 9.92. The van der Waals surface area contributed by atoms with Gasteiger partial charge in [0, 0.05) is 5.38 Å². The third-order valence-corrected chi connectivity index (χ3v) is 3.08. The van der Waals surface area contributed by atoms with Crippen LogP contribution in [0, 0.1) is 0 Å². The van der Waals surface area contributed by atoms with Gasteiger partial charge in [-0.15, -0.1) is 11.3 Å². The molecule has 0 bridgehead atoms. The molecule has 2 aromatic rings. The van der Waals surface area contributed by atoms with Gasteiger partial charge in [0.15, 0.2) is 16.6 Å². The molecule has 1 aromatic heterocycles. The van der Waals surface area contributed by atoms with E-state index in [1.54, 1.807) is 25.3 Å². The molecule has 6 heteroatoms. The number of ether oxygens (including phenoxy) is 2. The standard InChI is InChI=1S/C12H14N2O3S/c1-16-11-4-8(5-15)2-3-10(11)17-6-9-7-18-12(13)14-9/h2-4,7,15H,5-6H2,1H3,(H2,13,14). The number of nitrogens with two attached hydrogens (primary N) is 1. The first kappa shape index (κ1) is 12.7. The Morgan fingerprint density at radius 1 is 1.39 bits per heavy atom. The van der Waals surface area contributed by atoms with Crippen LogP contribution >= 0.6 is 11.3 Å². The smallest absolute Gasteiger partial charge is 0.180 e. The lowest BCUT2D eigenvalue weighted by Gasteiger charge is -2.10. The fraction of sp³-hybridized carbons (Fsp3) is 0.250. The highest BCUT2D eigenvalue weighted by Crippen LogP contribution is 2.29. The predicted molar refractivity (Wildman–Crippen MR) is 69.8 cm³/mol. The van der Waals surface area contributed by atoms with Crippen molar-refractivity contribution < 1.29 is 14.6 Å². The van der Waals surface area contributed by atoms with Crippen LogP contribution in [0.5, 0.6) is 11.5 Å². The van der Waals surface area contributed by atoms with E-state index in [2.05, 4.69) is 4.98 Å². The number of thiazole rings is 1. The predicted octanol–water partition coefficient (Wildman–Crippen LogP) is 1.81. The summed E-state index contributed by atoms with van der Waals surface area (Å²) in [6.07, 6.45) is 0. The molecule has 96 valence electrons. The molecule has 1 aromatic carbocycles. The Balaban J connectivity index is 2.08. The Kier molecular flexibility index (Phi) is 4.01. The van der Waals surface area contributed by atoms with Crippen molar-refractivity contribution in [1.29, 1.82) is 0 Å². The van der Waals surface area contributed by atoms with E-state index in [1.165, 1.54) is 11.3 Å². The molecular formula is C12H14N2O3S. The first-order chi connectivity index (χ1) is 8.72. The molecule has 5 nitrogen and oxygen atoms in total. The third kappa shape index (κ3) is 2.91. The Bertz CT molecular complexity index is 528. The van der Waals surface area contributed by atoms with E-state index in [0.717, 1.165) is 11.3 Å². The number of nitrogens with zero attached hydrogens (tertiary/aromatic N) is 1. The Morgan fingerprint density at radius 3 is 2.83 bits per heavy atom. The minimum Gasteiger partial charge on any atom is -0.493 e. The molecule has 3 N–H and O–H groups in total. The van der Waals surface area contributed by atoms with E-state index in [9.17, 15) is 0 Å².